The SMILES string of the molecule is COCCNC(=O)C(Cc1ccccc1)N(Cc1ccc(Cl)cc1)C(=O)Cc1ccc(Cl)cc1. The molecule has 34 heavy (non-hydrogen) atoms. The predicted octanol–water partition coefficient (Wildman–Crippen LogP) is 4.94. The number of carbonyl (C=O) groups excluding carboxylic acids is 2. The van der Waals surface area contributed by atoms with Gasteiger partial charge in [-0.2, -0.15) is 0 Å². The number of benzene rings is 3. The van der Waals surface area contributed by atoms with Crippen LogP contribution in [-0.4, -0.2) is 43.0 Å². The Kier molecular flexibility index (Phi) is 9.95. The zero-order chi connectivity index (χ0) is 24.3. The van der Waals surface area contributed by atoms with Crippen LogP contribution in [0.5, 0.6) is 0 Å². The third-order valence-corrected chi connectivity index (χ3v) is 5.92. The molecule has 0 fully saturated rings. The number of halogens is 2. The van der Waals surface area contributed by atoms with E-state index in [4.69, 9.17) is 27.9 Å². The Balaban J connectivity index is 1.92. The summed E-state index contributed by atoms with van der Waals surface area (Å²) in [7, 11) is 1.58. The van der Waals surface area contributed by atoms with Gasteiger partial charge in [0.15, 0.2) is 0 Å². The first-order chi connectivity index (χ1) is 16.5. The van der Waals surface area contributed by atoms with E-state index in [0.29, 0.717) is 29.6 Å². The fraction of sp³-hybridized carbons (Fsp3) is 0.259. The van der Waals surface area contributed by atoms with Crippen molar-refractivity contribution in [1.82, 2.24) is 10.2 Å². The fourth-order valence-corrected chi connectivity index (χ4v) is 3.86. The lowest BCUT2D eigenvalue weighted by atomic mass is 10.0. The Morgan fingerprint density at radius 3 is 2.03 bits per heavy atom. The summed E-state index contributed by atoms with van der Waals surface area (Å²) in [6.07, 6.45) is 0.543. The first-order valence-corrected chi connectivity index (χ1v) is 11.8. The van der Waals surface area contributed by atoms with Crippen LogP contribution in [0.3, 0.4) is 0 Å². The second-order valence-corrected chi connectivity index (χ2v) is 8.81. The van der Waals surface area contributed by atoms with Crippen LogP contribution in [0.1, 0.15) is 16.7 Å². The molecule has 0 saturated carbocycles. The van der Waals surface area contributed by atoms with Gasteiger partial charge < -0.3 is 15.0 Å². The molecule has 0 aromatic heterocycles. The molecule has 1 atom stereocenters. The maximum Gasteiger partial charge on any atom is 0.243 e. The van der Waals surface area contributed by atoms with Crippen molar-refractivity contribution in [2.75, 3.05) is 20.3 Å². The second kappa shape index (κ2) is 13.1. The van der Waals surface area contributed by atoms with Crippen LogP contribution in [-0.2, 0) is 33.7 Å². The van der Waals surface area contributed by atoms with E-state index in [2.05, 4.69) is 5.32 Å². The highest BCUT2D eigenvalue weighted by atomic mass is 35.5. The van der Waals surface area contributed by atoms with Crippen molar-refractivity contribution >= 4 is 35.0 Å². The Hall–Kier alpha value is -2.86. The molecule has 0 spiro atoms. The number of carbonyl (C=O) groups is 2. The van der Waals surface area contributed by atoms with Crippen LogP contribution in [0.25, 0.3) is 0 Å². The minimum atomic E-state index is -0.699. The average molecular weight is 499 g/mol. The molecular weight excluding hydrogens is 471 g/mol. The van der Waals surface area contributed by atoms with Gasteiger partial charge in [0.25, 0.3) is 0 Å². The van der Waals surface area contributed by atoms with Crippen molar-refractivity contribution in [1.29, 1.82) is 0 Å². The lowest BCUT2D eigenvalue weighted by Gasteiger charge is -2.31. The maximum atomic E-state index is 13.6. The number of hydrogen-bond donors (Lipinski definition) is 1. The van der Waals surface area contributed by atoms with Gasteiger partial charge >= 0.3 is 0 Å². The number of ether oxygens (including phenoxy) is 1. The molecule has 2 amide bonds. The molecule has 5 nitrogen and oxygen atoms in total. The normalized spacial score (nSPS) is 11.6. The number of nitrogens with one attached hydrogen (secondary N) is 1. The monoisotopic (exact) mass is 498 g/mol. The van der Waals surface area contributed by atoms with Gasteiger partial charge in [0, 0.05) is 36.7 Å². The van der Waals surface area contributed by atoms with E-state index in [9.17, 15) is 9.59 Å². The van der Waals surface area contributed by atoms with Gasteiger partial charge in [0.2, 0.25) is 11.8 Å². The quantitative estimate of drug-likeness (QED) is 0.381. The minimum absolute atomic E-state index is 0.153. The molecule has 0 saturated heterocycles. The van der Waals surface area contributed by atoms with E-state index < -0.39 is 6.04 Å². The topological polar surface area (TPSA) is 58.6 Å². The van der Waals surface area contributed by atoms with E-state index >= 15 is 0 Å². The summed E-state index contributed by atoms with van der Waals surface area (Å²) in [6.45, 7) is 1.03. The Morgan fingerprint density at radius 2 is 1.44 bits per heavy atom. The number of amides is 2. The molecule has 7 heteroatoms. The van der Waals surface area contributed by atoms with Crippen molar-refractivity contribution < 1.29 is 14.3 Å². The lowest BCUT2D eigenvalue weighted by Crippen LogP contribution is -2.51. The van der Waals surface area contributed by atoms with Crippen molar-refractivity contribution in [3.05, 3.63) is 106 Å². The number of hydrogen-bond acceptors (Lipinski definition) is 3. The van der Waals surface area contributed by atoms with Gasteiger partial charge in [0.05, 0.1) is 13.0 Å². The Labute approximate surface area is 210 Å². The first-order valence-electron chi connectivity index (χ1n) is 11.0. The first kappa shape index (κ1) is 25.8. The Bertz CT molecular complexity index is 1060. The van der Waals surface area contributed by atoms with E-state index in [1.54, 1.807) is 36.3 Å². The maximum absolute atomic E-state index is 13.6. The number of nitrogens with zero attached hydrogens (tertiary/aromatic N) is 1. The van der Waals surface area contributed by atoms with Gasteiger partial charge in [-0.1, -0.05) is 77.8 Å². The highest BCUT2D eigenvalue weighted by Crippen LogP contribution is 2.19. The summed E-state index contributed by atoms with van der Waals surface area (Å²) in [4.78, 5) is 28.6. The zero-order valence-corrected chi connectivity index (χ0v) is 20.6. The molecule has 3 rings (SSSR count). The van der Waals surface area contributed by atoms with Crippen LogP contribution in [0.2, 0.25) is 10.0 Å². The van der Waals surface area contributed by atoms with E-state index in [-0.39, 0.29) is 24.8 Å². The molecule has 0 aliphatic rings. The summed E-state index contributed by atoms with van der Waals surface area (Å²) < 4.78 is 5.08. The van der Waals surface area contributed by atoms with E-state index in [1.165, 1.54) is 0 Å². The summed E-state index contributed by atoms with van der Waals surface area (Å²) in [6, 6.07) is 23.5. The number of rotatable bonds is 11. The molecule has 0 aliphatic carbocycles. The summed E-state index contributed by atoms with van der Waals surface area (Å²) in [5, 5.41) is 4.13. The Morgan fingerprint density at radius 1 is 0.853 bits per heavy atom. The molecular formula is C27H28Cl2N2O3. The van der Waals surface area contributed by atoms with Gasteiger partial charge in [0.1, 0.15) is 6.04 Å². The molecule has 0 bridgehead atoms. The predicted molar refractivity (Wildman–Crippen MR) is 136 cm³/mol. The standard InChI is InChI=1S/C27H28Cl2N2O3/c1-34-16-15-30-27(33)25(17-20-5-3-2-4-6-20)31(19-22-9-13-24(29)14-10-22)26(32)18-21-7-11-23(28)12-8-21/h2-14,25H,15-19H2,1H3,(H,30,33). The van der Waals surface area contributed by atoms with Gasteiger partial charge in [-0.3, -0.25) is 9.59 Å². The fourth-order valence-electron chi connectivity index (χ4n) is 3.61. The summed E-state index contributed by atoms with van der Waals surface area (Å²) >= 11 is 12.1. The van der Waals surface area contributed by atoms with Crippen molar-refractivity contribution in [3.63, 3.8) is 0 Å². The highest BCUT2D eigenvalue weighted by Gasteiger charge is 2.30. The smallest absolute Gasteiger partial charge is 0.243 e. The van der Waals surface area contributed by atoms with E-state index in [0.717, 1.165) is 16.7 Å². The van der Waals surface area contributed by atoms with Gasteiger partial charge in [-0.15, -0.1) is 0 Å². The third-order valence-electron chi connectivity index (χ3n) is 5.41. The zero-order valence-electron chi connectivity index (χ0n) is 19.0. The minimum Gasteiger partial charge on any atom is -0.383 e. The molecule has 178 valence electrons. The van der Waals surface area contributed by atoms with Crippen molar-refractivity contribution in [2.45, 2.75) is 25.4 Å². The van der Waals surface area contributed by atoms with Crippen molar-refractivity contribution in [3.8, 4) is 0 Å². The van der Waals surface area contributed by atoms with Crippen LogP contribution >= 0.6 is 23.2 Å². The van der Waals surface area contributed by atoms with Crippen LogP contribution < -0.4 is 5.32 Å². The van der Waals surface area contributed by atoms with Crippen LogP contribution in [0.4, 0.5) is 0 Å². The average Bonchev–Trinajstić information content (AvgIpc) is 2.84. The number of methoxy groups -OCH3 is 1. The molecule has 0 radical (unpaired) electrons. The molecule has 1 N–H and O–H groups in total. The van der Waals surface area contributed by atoms with Crippen LogP contribution in [0, 0.1) is 0 Å². The summed E-state index contributed by atoms with van der Waals surface area (Å²) in [5.74, 6) is -0.376. The summed E-state index contributed by atoms with van der Waals surface area (Å²) in [5.41, 5.74) is 2.68. The van der Waals surface area contributed by atoms with Gasteiger partial charge in [-0.05, 0) is 41.0 Å². The molecule has 0 aliphatic heterocycles. The lowest BCUT2D eigenvalue weighted by molar-refractivity contribution is -0.140. The van der Waals surface area contributed by atoms with Crippen LogP contribution in [0.15, 0.2) is 78.9 Å². The largest absolute Gasteiger partial charge is 0.383 e. The molecule has 3 aromatic rings. The second-order valence-electron chi connectivity index (χ2n) is 7.94. The van der Waals surface area contributed by atoms with E-state index in [1.807, 2.05) is 54.6 Å². The van der Waals surface area contributed by atoms with Crippen molar-refractivity contribution in [2.24, 2.45) is 0 Å². The third kappa shape index (κ3) is 7.87. The highest BCUT2D eigenvalue weighted by molar-refractivity contribution is 6.30. The van der Waals surface area contributed by atoms with Gasteiger partial charge in [-0.25, -0.2) is 0 Å². The molecule has 1 unspecified atom stereocenters. The molecule has 0 heterocycles. The molecule has 3 aromatic carbocycles.